The molecule has 1 unspecified atom stereocenters. The Morgan fingerprint density at radius 2 is 1.26 bits per heavy atom. The monoisotopic (exact) mass is 318 g/mol. The lowest BCUT2D eigenvalue weighted by molar-refractivity contribution is -0.297. The fraction of sp³-hybridized carbons (Fsp3) is 0.333. The minimum Gasteiger partial charge on any atom is -0.374 e. The molecule has 0 fully saturated rings. The summed E-state index contributed by atoms with van der Waals surface area (Å²) >= 11 is 0. The quantitative estimate of drug-likeness (QED) is 0.510. The Labute approximate surface area is 136 Å². The molecule has 0 radical (unpaired) electrons. The molecule has 124 valence electrons. The van der Waals surface area contributed by atoms with E-state index >= 15 is 0 Å². The molecule has 2 rings (SSSR count). The van der Waals surface area contributed by atoms with Gasteiger partial charge < -0.3 is 24.1 Å². The molecule has 0 bridgehead atoms. The highest BCUT2D eigenvalue weighted by molar-refractivity contribution is 5.13. The van der Waals surface area contributed by atoms with Gasteiger partial charge in [-0.3, -0.25) is 0 Å². The normalized spacial score (nSPS) is 12.2. The number of hydrogen-bond acceptors (Lipinski definition) is 5. The minimum absolute atomic E-state index is 0.0509. The number of aliphatic hydroxyl groups is 1. The lowest BCUT2D eigenvalue weighted by atomic mass is 10.2. The van der Waals surface area contributed by atoms with E-state index in [1.807, 2.05) is 60.7 Å². The van der Waals surface area contributed by atoms with Crippen molar-refractivity contribution in [2.24, 2.45) is 0 Å². The molecule has 0 saturated heterocycles. The molecule has 0 aliphatic heterocycles. The summed E-state index contributed by atoms with van der Waals surface area (Å²) in [5.41, 5.74) is 2.08. The first-order chi connectivity index (χ1) is 11.3. The van der Waals surface area contributed by atoms with Gasteiger partial charge in [0.15, 0.2) is 6.79 Å². The lowest BCUT2D eigenvalue weighted by Crippen LogP contribution is -2.19. The summed E-state index contributed by atoms with van der Waals surface area (Å²) in [5, 5.41) is 9.51. The molecule has 0 amide bonds. The summed E-state index contributed by atoms with van der Waals surface area (Å²) in [5.74, 6) is 0. The molecule has 0 heterocycles. The van der Waals surface area contributed by atoms with Crippen molar-refractivity contribution in [1.82, 2.24) is 0 Å². The lowest BCUT2D eigenvalue weighted by Gasteiger charge is -2.13. The van der Waals surface area contributed by atoms with Crippen LogP contribution < -0.4 is 0 Å². The first kappa shape index (κ1) is 17.6. The molecule has 1 atom stereocenters. The fourth-order valence-electron chi connectivity index (χ4n) is 1.84. The predicted octanol–water partition coefficient (Wildman–Crippen LogP) is 2.69. The summed E-state index contributed by atoms with van der Waals surface area (Å²) in [6.45, 7) is 0.318. The van der Waals surface area contributed by atoms with Gasteiger partial charge in [-0.05, 0) is 11.1 Å². The Morgan fingerprint density at radius 1 is 0.696 bits per heavy atom. The van der Waals surface area contributed by atoms with Crippen LogP contribution in [0.15, 0.2) is 60.7 Å². The highest BCUT2D eigenvalue weighted by atomic mass is 16.8. The average Bonchev–Trinajstić information content (AvgIpc) is 2.61. The number of benzene rings is 2. The Bertz CT molecular complexity index is 517. The van der Waals surface area contributed by atoms with Crippen molar-refractivity contribution in [3.05, 3.63) is 71.8 Å². The van der Waals surface area contributed by atoms with Gasteiger partial charge in [0.25, 0.3) is 6.48 Å². The molecular weight excluding hydrogens is 296 g/mol. The largest absolute Gasteiger partial charge is 0.374 e. The van der Waals surface area contributed by atoms with Gasteiger partial charge >= 0.3 is 0 Å². The van der Waals surface area contributed by atoms with Crippen LogP contribution in [0.25, 0.3) is 0 Å². The van der Waals surface area contributed by atoms with Gasteiger partial charge in [-0.25, -0.2) is 0 Å². The van der Waals surface area contributed by atoms with E-state index in [1.165, 1.54) is 0 Å². The fourth-order valence-corrected chi connectivity index (χ4v) is 1.84. The molecule has 2 aromatic carbocycles. The topological polar surface area (TPSA) is 57.2 Å². The van der Waals surface area contributed by atoms with Crippen LogP contribution in [-0.4, -0.2) is 31.6 Å². The van der Waals surface area contributed by atoms with Crippen molar-refractivity contribution in [3.63, 3.8) is 0 Å². The van der Waals surface area contributed by atoms with Crippen molar-refractivity contribution in [2.75, 3.05) is 20.0 Å². The summed E-state index contributed by atoms with van der Waals surface area (Å²) in [6.07, 6.45) is 0. The van der Waals surface area contributed by atoms with Crippen LogP contribution >= 0.6 is 0 Å². The van der Waals surface area contributed by atoms with Gasteiger partial charge in [-0.1, -0.05) is 60.7 Å². The molecule has 5 heteroatoms. The first-order valence-electron chi connectivity index (χ1n) is 7.49. The third kappa shape index (κ3) is 7.88. The smallest absolute Gasteiger partial charge is 0.271 e. The summed E-state index contributed by atoms with van der Waals surface area (Å²) in [6, 6.07) is 19.5. The second-order valence-corrected chi connectivity index (χ2v) is 4.83. The highest BCUT2D eigenvalue weighted by Crippen LogP contribution is 2.03. The van der Waals surface area contributed by atoms with Crippen molar-refractivity contribution in [1.29, 1.82) is 0 Å². The van der Waals surface area contributed by atoms with E-state index < -0.39 is 6.48 Å². The molecule has 0 aliphatic rings. The van der Waals surface area contributed by atoms with Crippen molar-refractivity contribution in [3.8, 4) is 0 Å². The number of rotatable bonds is 11. The Balaban J connectivity index is 1.44. The summed E-state index contributed by atoms with van der Waals surface area (Å²) in [7, 11) is 0. The standard InChI is InChI=1S/C18H22O5/c19-18(22-14-17-9-5-2-6-10-17)23-15-21-12-11-20-13-16-7-3-1-4-8-16/h1-10,18-19H,11-15H2. The van der Waals surface area contributed by atoms with Crippen molar-refractivity contribution < 1.29 is 24.1 Å². The second-order valence-electron chi connectivity index (χ2n) is 4.83. The Morgan fingerprint density at radius 3 is 1.91 bits per heavy atom. The molecule has 0 spiro atoms. The van der Waals surface area contributed by atoms with Crippen LogP contribution in [0.1, 0.15) is 11.1 Å². The predicted molar refractivity (Wildman–Crippen MR) is 85.2 cm³/mol. The maximum Gasteiger partial charge on any atom is 0.271 e. The number of hydrogen-bond donors (Lipinski definition) is 1. The van der Waals surface area contributed by atoms with E-state index in [2.05, 4.69) is 0 Å². The third-order valence-corrected chi connectivity index (χ3v) is 3.01. The van der Waals surface area contributed by atoms with Gasteiger partial charge in [0.05, 0.1) is 26.4 Å². The average molecular weight is 318 g/mol. The van der Waals surface area contributed by atoms with E-state index in [9.17, 15) is 5.11 Å². The molecule has 1 N–H and O–H groups in total. The van der Waals surface area contributed by atoms with E-state index in [0.717, 1.165) is 11.1 Å². The van der Waals surface area contributed by atoms with Crippen LogP contribution in [0.5, 0.6) is 0 Å². The first-order valence-corrected chi connectivity index (χ1v) is 7.49. The van der Waals surface area contributed by atoms with E-state index in [1.54, 1.807) is 0 Å². The third-order valence-electron chi connectivity index (χ3n) is 3.01. The van der Waals surface area contributed by atoms with E-state index in [4.69, 9.17) is 18.9 Å². The zero-order valence-corrected chi connectivity index (χ0v) is 13.0. The van der Waals surface area contributed by atoms with Crippen LogP contribution in [0.3, 0.4) is 0 Å². The molecular formula is C18H22O5. The van der Waals surface area contributed by atoms with Crippen molar-refractivity contribution >= 4 is 0 Å². The molecule has 0 saturated carbocycles. The van der Waals surface area contributed by atoms with E-state index in [0.29, 0.717) is 19.8 Å². The van der Waals surface area contributed by atoms with Crippen LogP contribution in [0, 0.1) is 0 Å². The maximum atomic E-state index is 9.51. The van der Waals surface area contributed by atoms with Gasteiger partial charge in [-0.15, -0.1) is 0 Å². The zero-order valence-electron chi connectivity index (χ0n) is 13.0. The van der Waals surface area contributed by atoms with Crippen molar-refractivity contribution in [2.45, 2.75) is 19.7 Å². The minimum atomic E-state index is -1.31. The highest BCUT2D eigenvalue weighted by Gasteiger charge is 2.04. The van der Waals surface area contributed by atoms with Crippen LogP contribution in [-0.2, 0) is 32.2 Å². The number of aliphatic hydroxyl groups excluding tert-OH is 1. The van der Waals surface area contributed by atoms with Crippen LogP contribution in [0.2, 0.25) is 0 Å². The second kappa shape index (κ2) is 10.9. The van der Waals surface area contributed by atoms with Gasteiger partial charge in [0.1, 0.15) is 0 Å². The van der Waals surface area contributed by atoms with Gasteiger partial charge in [0.2, 0.25) is 0 Å². The molecule has 2 aromatic rings. The van der Waals surface area contributed by atoms with Gasteiger partial charge in [-0.2, -0.15) is 0 Å². The Kier molecular flexibility index (Phi) is 8.32. The molecule has 5 nitrogen and oxygen atoms in total. The zero-order chi connectivity index (χ0) is 16.2. The van der Waals surface area contributed by atoms with Crippen LogP contribution in [0.4, 0.5) is 0 Å². The number of ether oxygens (including phenoxy) is 4. The SMILES string of the molecule is OC(OCOCCOCc1ccccc1)OCc1ccccc1. The maximum absolute atomic E-state index is 9.51. The van der Waals surface area contributed by atoms with Gasteiger partial charge in [0, 0.05) is 0 Å². The molecule has 0 aliphatic carbocycles. The van der Waals surface area contributed by atoms with E-state index in [-0.39, 0.29) is 13.4 Å². The summed E-state index contributed by atoms with van der Waals surface area (Å²) in [4.78, 5) is 0. The molecule has 23 heavy (non-hydrogen) atoms. The summed E-state index contributed by atoms with van der Waals surface area (Å²) < 4.78 is 20.8. The Hall–Kier alpha value is -1.76. The molecule has 0 aromatic heterocycles.